The van der Waals surface area contributed by atoms with Gasteiger partial charge in [-0.15, -0.1) is 0 Å². The fourth-order valence-corrected chi connectivity index (χ4v) is 2.69. The summed E-state index contributed by atoms with van der Waals surface area (Å²) in [5.74, 6) is -0.368. The summed E-state index contributed by atoms with van der Waals surface area (Å²) in [6, 6.07) is 16.0. The summed E-state index contributed by atoms with van der Waals surface area (Å²) in [6.45, 7) is 0.959. The lowest BCUT2D eigenvalue weighted by molar-refractivity contribution is -0.128. The SMILES string of the molecule is O=C(Nc1ccc(O)cc1)[C@H]1CC(=O)N(Cc2ccccc2)C1. The van der Waals surface area contributed by atoms with Crippen LogP contribution in [0.4, 0.5) is 5.69 Å². The van der Waals surface area contributed by atoms with E-state index in [0.29, 0.717) is 18.8 Å². The number of benzene rings is 2. The van der Waals surface area contributed by atoms with Crippen molar-refractivity contribution in [2.75, 3.05) is 11.9 Å². The van der Waals surface area contributed by atoms with Crippen molar-refractivity contribution in [2.45, 2.75) is 13.0 Å². The number of nitrogens with one attached hydrogen (secondary N) is 1. The van der Waals surface area contributed by atoms with Gasteiger partial charge in [0.1, 0.15) is 5.75 Å². The number of hydrogen-bond acceptors (Lipinski definition) is 3. The Kier molecular flexibility index (Phi) is 4.28. The maximum Gasteiger partial charge on any atom is 0.229 e. The molecule has 1 aliphatic heterocycles. The first-order valence-electron chi connectivity index (χ1n) is 7.53. The Morgan fingerprint density at radius 2 is 1.83 bits per heavy atom. The van der Waals surface area contributed by atoms with Crippen molar-refractivity contribution in [3.63, 3.8) is 0 Å². The zero-order valence-corrected chi connectivity index (χ0v) is 12.6. The van der Waals surface area contributed by atoms with Gasteiger partial charge in [-0.2, -0.15) is 0 Å². The minimum absolute atomic E-state index is 0.000269. The molecule has 3 rings (SSSR count). The van der Waals surface area contributed by atoms with Crippen LogP contribution in [0.15, 0.2) is 54.6 Å². The van der Waals surface area contributed by atoms with Crippen molar-refractivity contribution >= 4 is 17.5 Å². The van der Waals surface area contributed by atoms with Gasteiger partial charge in [-0.05, 0) is 29.8 Å². The fourth-order valence-electron chi connectivity index (χ4n) is 2.69. The number of amides is 2. The minimum atomic E-state index is -0.347. The lowest BCUT2D eigenvalue weighted by Crippen LogP contribution is -2.28. The average Bonchev–Trinajstić information content (AvgIpc) is 2.92. The summed E-state index contributed by atoms with van der Waals surface area (Å²) < 4.78 is 0. The first kappa shape index (κ1) is 15.1. The zero-order chi connectivity index (χ0) is 16.2. The molecule has 5 heteroatoms. The van der Waals surface area contributed by atoms with E-state index in [1.54, 1.807) is 17.0 Å². The summed E-state index contributed by atoms with van der Waals surface area (Å²) >= 11 is 0. The number of phenols is 1. The summed E-state index contributed by atoms with van der Waals surface area (Å²) in [7, 11) is 0. The van der Waals surface area contributed by atoms with E-state index in [0.717, 1.165) is 5.56 Å². The van der Waals surface area contributed by atoms with Crippen LogP contribution in [0.3, 0.4) is 0 Å². The van der Waals surface area contributed by atoms with Gasteiger partial charge >= 0.3 is 0 Å². The first-order chi connectivity index (χ1) is 11.1. The van der Waals surface area contributed by atoms with Crippen molar-refractivity contribution in [3.05, 3.63) is 60.2 Å². The van der Waals surface area contributed by atoms with Crippen LogP contribution in [0.1, 0.15) is 12.0 Å². The largest absolute Gasteiger partial charge is 0.508 e. The molecular formula is C18H18N2O3. The van der Waals surface area contributed by atoms with E-state index in [2.05, 4.69) is 5.32 Å². The Morgan fingerprint density at radius 3 is 2.52 bits per heavy atom. The molecule has 2 aromatic rings. The topological polar surface area (TPSA) is 69.6 Å². The number of phenolic OH excluding ortho intramolecular Hbond substituents is 1. The molecule has 0 aromatic heterocycles. The van der Waals surface area contributed by atoms with E-state index in [4.69, 9.17) is 0 Å². The predicted molar refractivity (Wildman–Crippen MR) is 86.7 cm³/mol. The molecule has 118 valence electrons. The second kappa shape index (κ2) is 6.52. The van der Waals surface area contributed by atoms with Gasteiger partial charge in [0.15, 0.2) is 0 Å². The number of carbonyl (C=O) groups excluding carboxylic acids is 2. The molecule has 2 aromatic carbocycles. The highest BCUT2D eigenvalue weighted by Crippen LogP contribution is 2.22. The van der Waals surface area contributed by atoms with Gasteiger partial charge in [0.25, 0.3) is 0 Å². The Balaban J connectivity index is 1.60. The van der Waals surface area contributed by atoms with Crippen LogP contribution >= 0.6 is 0 Å². The van der Waals surface area contributed by atoms with Gasteiger partial charge in [-0.25, -0.2) is 0 Å². The molecule has 0 spiro atoms. The Bertz CT molecular complexity index is 698. The number of aromatic hydroxyl groups is 1. The standard InChI is InChI=1S/C18H18N2O3/c21-16-8-6-15(7-9-16)19-18(23)14-10-17(22)20(12-14)11-13-4-2-1-3-5-13/h1-9,14,21H,10-12H2,(H,19,23)/t14-/m0/s1. The van der Waals surface area contributed by atoms with E-state index in [9.17, 15) is 14.7 Å². The fraction of sp³-hybridized carbons (Fsp3) is 0.222. The maximum atomic E-state index is 12.3. The van der Waals surface area contributed by atoms with E-state index in [1.165, 1.54) is 12.1 Å². The quantitative estimate of drug-likeness (QED) is 0.852. The van der Waals surface area contributed by atoms with Crippen molar-refractivity contribution in [2.24, 2.45) is 5.92 Å². The Morgan fingerprint density at radius 1 is 1.13 bits per heavy atom. The second-order valence-electron chi connectivity index (χ2n) is 5.70. The van der Waals surface area contributed by atoms with Crippen LogP contribution in [-0.2, 0) is 16.1 Å². The van der Waals surface area contributed by atoms with Crippen molar-refractivity contribution in [3.8, 4) is 5.75 Å². The van der Waals surface area contributed by atoms with Crippen LogP contribution < -0.4 is 5.32 Å². The van der Waals surface area contributed by atoms with E-state index in [-0.39, 0.29) is 29.9 Å². The monoisotopic (exact) mass is 310 g/mol. The normalized spacial score (nSPS) is 17.3. The molecule has 0 unspecified atom stereocenters. The third-order valence-corrected chi connectivity index (χ3v) is 3.94. The van der Waals surface area contributed by atoms with Crippen molar-refractivity contribution < 1.29 is 14.7 Å². The summed E-state index contributed by atoms with van der Waals surface area (Å²) in [4.78, 5) is 26.1. The van der Waals surface area contributed by atoms with Gasteiger partial charge in [-0.1, -0.05) is 30.3 Å². The summed E-state index contributed by atoms with van der Waals surface area (Å²) in [5, 5.41) is 12.0. The molecule has 1 aliphatic rings. The smallest absolute Gasteiger partial charge is 0.229 e. The predicted octanol–water partition coefficient (Wildman–Crippen LogP) is 2.38. The van der Waals surface area contributed by atoms with Crippen molar-refractivity contribution in [1.82, 2.24) is 4.90 Å². The first-order valence-corrected chi connectivity index (χ1v) is 7.53. The van der Waals surface area contributed by atoms with E-state index in [1.807, 2.05) is 30.3 Å². The van der Waals surface area contributed by atoms with Crippen LogP contribution in [0.25, 0.3) is 0 Å². The lowest BCUT2D eigenvalue weighted by atomic mass is 10.1. The molecule has 0 radical (unpaired) electrons. The van der Waals surface area contributed by atoms with E-state index >= 15 is 0 Å². The number of anilines is 1. The third kappa shape index (κ3) is 3.69. The van der Waals surface area contributed by atoms with Crippen LogP contribution in [0.2, 0.25) is 0 Å². The lowest BCUT2D eigenvalue weighted by Gasteiger charge is -2.16. The van der Waals surface area contributed by atoms with Gasteiger partial charge in [-0.3, -0.25) is 9.59 Å². The Hall–Kier alpha value is -2.82. The summed E-state index contributed by atoms with van der Waals surface area (Å²) in [5.41, 5.74) is 1.67. The minimum Gasteiger partial charge on any atom is -0.508 e. The molecule has 1 atom stereocenters. The molecule has 2 amide bonds. The number of nitrogens with zero attached hydrogens (tertiary/aromatic N) is 1. The van der Waals surface area contributed by atoms with E-state index < -0.39 is 0 Å². The average molecular weight is 310 g/mol. The summed E-state index contributed by atoms with van der Waals surface area (Å²) in [6.07, 6.45) is 0.233. The highest BCUT2D eigenvalue weighted by molar-refractivity contribution is 5.97. The van der Waals surface area contributed by atoms with Crippen molar-refractivity contribution in [1.29, 1.82) is 0 Å². The molecule has 0 bridgehead atoms. The zero-order valence-electron chi connectivity index (χ0n) is 12.6. The van der Waals surface area contributed by atoms with Crippen LogP contribution in [-0.4, -0.2) is 28.4 Å². The molecule has 0 saturated carbocycles. The number of carbonyl (C=O) groups is 2. The molecule has 23 heavy (non-hydrogen) atoms. The molecule has 1 saturated heterocycles. The van der Waals surface area contributed by atoms with Crippen LogP contribution in [0.5, 0.6) is 5.75 Å². The maximum absolute atomic E-state index is 12.3. The van der Waals surface area contributed by atoms with Gasteiger partial charge < -0.3 is 15.3 Å². The number of likely N-dealkylation sites (tertiary alicyclic amines) is 1. The molecule has 0 aliphatic carbocycles. The second-order valence-corrected chi connectivity index (χ2v) is 5.70. The molecule has 1 heterocycles. The molecular weight excluding hydrogens is 292 g/mol. The Labute approximate surface area is 134 Å². The highest BCUT2D eigenvalue weighted by atomic mass is 16.3. The third-order valence-electron chi connectivity index (χ3n) is 3.94. The molecule has 2 N–H and O–H groups in total. The highest BCUT2D eigenvalue weighted by Gasteiger charge is 2.34. The van der Waals surface area contributed by atoms with Gasteiger partial charge in [0, 0.05) is 25.2 Å². The molecule has 5 nitrogen and oxygen atoms in total. The number of hydrogen-bond donors (Lipinski definition) is 2. The molecule has 1 fully saturated rings. The van der Waals surface area contributed by atoms with Gasteiger partial charge in [0.05, 0.1) is 5.92 Å². The van der Waals surface area contributed by atoms with Gasteiger partial charge in [0.2, 0.25) is 11.8 Å². The number of rotatable bonds is 4. The van der Waals surface area contributed by atoms with Crippen LogP contribution in [0, 0.1) is 5.92 Å².